The highest BCUT2D eigenvalue weighted by atomic mass is 79.9. The van der Waals surface area contributed by atoms with Crippen LogP contribution >= 0.6 is 15.9 Å². The van der Waals surface area contributed by atoms with Crippen LogP contribution in [0.1, 0.15) is 18.9 Å². The molecule has 2 N–H and O–H groups in total. The van der Waals surface area contributed by atoms with Gasteiger partial charge in [0.15, 0.2) is 0 Å². The van der Waals surface area contributed by atoms with Crippen LogP contribution in [0, 0.1) is 6.92 Å². The maximum absolute atomic E-state index is 11.5. The zero-order valence-corrected chi connectivity index (χ0v) is 11.7. The van der Waals surface area contributed by atoms with Crippen molar-refractivity contribution in [2.24, 2.45) is 0 Å². The van der Waals surface area contributed by atoms with Gasteiger partial charge in [0, 0.05) is 11.0 Å². The first-order valence-electron chi connectivity index (χ1n) is 4.98. The Kier molecular flexibility index (Phi) is 4.76. The average molecular weight is 307 g/mol. The number of anilines is 1. The van der Waals surface area contributed by atoms with Gasteiger partial charge in [-0.15, -0.1) is 0 Å². The first-order valence-corrected chi connectivity index (χ1v) is 7.26. The monoisotopic (exact) mass is 306 g/mol. The van der Waals surface area contributed by atoms with Gasteiger partial charge in [-0.2, -0.15) is 13.1 Å². The molecule has 0 spiro atoms. The van der Waals surface area contributed by atoms with E-state index in [-0.39, 0.29) is 0 Å². The van der Waals surface area contributed by atoms with Crippen molar-refractivity contribution in [3.05, 3.63) is 28.2 Å². The third kappa shape index (κ3) is 4.11. The SMILES string of the molecule is CCCNS(=O)(=O)Nc1ccc(C)c(Br)c1. The van der Waals surface area contributed by atoms with Gasteiger partial charge in [0.25, 0.3) is 10.2 Å². The fourth-order valence-electron chi connectivity index (χ4n) is 1.08. The zero-order valence-electron chi connectivity index (χ0n) is 9.25. The molecular formula is C10H15BrN2O2S. The summed E-state index contributed by atoms with van der Waals surface area (Å²) in [5, 5.41) is 0. The lowest BCUT2D eigenvalue weighted by Gasteiger charge is -2.09. The van der Waals surface area contributed by atoms with E-state index in [0.29, 0.717) is 12.2 Å². The van der Waals surface area contributed by atoms with Crippen molar-refractivity contribution in [1.29, 1.82) is 0 Å². The van der Waals surface area contributed by atoms with E-state index in [0.717, 1.165) is 16.5 Å². The molecule has 0 saturated carbocycles. The molecule has 0 aliphatic heterocycles. The fourth-order valence-corrected chi connectivity index (χ4v) is 2.45. The van der Waals surface area contributed by atoms with Crippen LogP contribution in [0.25, 0.3) is 0 Å². The summed E-state index contributed by atoms with van der Waals surface area (Å²) >= 11 is 3.35. The van der Waals surface area contributed by atoms with E-state index in [2.05, 4.69) is 25.4 Å². The third-order valence-corrected chi connectivity index (χ3v) is 3.91. The number of aryl methyl sites for hydroxylation is 1. The van der Waals surface area contributed by atoms with Crippen LogP contribution in [0.3, 0.4) is 0 Å². The van der Waals surface area contributed by atoms with Crippen molar-refractivity contribution >= 4 is 31.8 Å². The second kappa shape index (κ2) is 5.65. The van der Waals surface area contributed by atoms with Gasteiger partial charge in [-0.05, 0) is 31.0 Å². The van der Waals surface area contributed by atoms with Crippen LogP contribution < -0.4 is 9.44 Å². The molecule has 0 amide bonds. The van der Waals surface area contributed by atoms with Gasteiger partial charge in [-0.1, -0.05) is 28.9 Å². The average Bonchev–Trinajstić information content (AvgIpc) is 2.20. The Labute approximate surface area is 105 Å². The van der Waals surface area contributed by atoms with Crippen molar-refractivity contribution in [2.45, 2.75) is 20.3 Å². The van der Waals surface area contributed by atoms with E-state index in [1.165, 1.54) is 0 Å². The zero-order chi connectivity index (χ0) is 12.2. The molecule has 0 atom stereocenters. The first kappa shape index (κ1) is 13.5. The Bertz CT molecular complexity index is 460. The highest BCUT2D eigenvalue weighted by Gasteiger charge is 2.08. The molecule has 0 aliphatic rings. The van der Waals surface area contributed by atoms with Gasteiger partial charge in [0.2, 0.25) is 0 Å². The quantitative estimate of drug-likeness (QED) is 0.877. The predicted octanol–water partition coefficient (Wildman–Crippen LogP) is 2.41. The maximum atomic E-state index is 11.5. The van der Waals surface area contributed by atoms with Crippen LogP contribution in [-0.2, 0) is 10.2 Å². The molecule has 16 heavy (non-hydrogen) atoms. The van der Waals surface area contributed by atoms with Crippen molar-refractivity contribution < 1.29 is 8.42 Å². The van der Waals surface area contributed by atoms with Gasteiger partial charge in [0.05, 0.1) is 5.69 Å². The second-order valence-corrected chi connectivity index (χ2v) is 5.82. The predicted molar refractivity (Wildman–Crippen MR) is 69.7 cm³/mol. The van der Waals surface area contributed by atoms with Gasteiger partial charge >= 0.3 is 0 Å². The first-order chi connectivity index (χ1) is 7.44. The molecule has 0 unspecified atom stereocenters. The summed E-state index contributed by atoms with van der Waals surface area (Å²) in [5.74, 6) is 0. The van der Waals surface area contributed by atoms with Gasteiger partial charge in [-0.25, -0.2) is 0 Å². The van der Waals surface area contributed by atoms with E-state index < -0.39 is 10.2 Å². The molecule has 0 aromatic heterocycles. The van der Waals surface area contributed by atoms with Gasteiger partial charge in [0.1, 0.15) is 0 Å². The minimum Gasteiger partial charge on any atom is -0.271 e. The highest BCUT2D eigenvalue weighted by Crippen LogP contribution is 2.20. The van der Waals surface area contributed by atoms with E-state index in [4.69, 9.17) is 0 Å². The van der Waals surface area contributed by atoms with Crippen LogP contribution in [0.5, 0.6) is 0 Å². The van der Waals surface area contributed by atoms with Crippen LogP contribution in [0.2, 0.25) is 0 Å². The number of rotatable bonds is 5. The summed E-state index contributed by atoms with van der Waals surface area (Å²) in [6.45, 7) is 4.28. The highest BCUT2D eigenvalue weighted by molar-refractivity contribution is 9.10. The third-order valence-electron chi connectivity index (χ3n) is 1.97. The molecule has 0 aliphatic carbocycles. The normalized spacial score (nSPS) is 11.4. The molecule has 0 heterocycles. The molecule has 1 aromatic rings. The topological polar surface area (TPSA) is 58.2 Å². The van der Waals surface area contributed by atoms with E-state index in [9.17, 15) is 8.42 Å². The molecule has 0 saturated heterocycles. The number of halogens is 1. The molecule has 0 radical (unpaired) electrons. The lowest BCUT2D eigenvalue weighted by molar-refractivity contribution is 0.586. The maximum Gasteiger partial charge on any atom is 0.299 e. The number of hydrogen-bond donors (Lipinski definition) is 2. The van der Waals surface area contributed by atoms with Crippen molar-refractivity contribution in [2.75, 3.05) is 11.3 Å². The van der Waals surface area contributed by atoms with E-state index in [1.807, 2.05) is 19.9 Å². The second-order valence-electron chi connectivity index (χ2n) is 3.46. The number of nitrogens with one attached hydrogen (secondary N) is 2. The Morgan fingerprint density at radius 2 is 2.06 bits per heavy atom. The number of hydrogen-bond acceptors (Lipinski definition) is 2. The Morgan fingerprint density at radius 3 is 2.62 bits per heavy atom. The Morgan fingerprint density at radius 1 is 1.38 bits per heavy atom. The van der Waals surface area contributed by atoms with Crippen LogP contribution in [0.15, 0.2) is 22.7 Å². The van der Waals surface area contributed by atoms with Crippen molar-refractivity contribution in [3.8, 4) is 0 Å². The number of benzene rings is 1. The minimum absolute atomic E-state index is 0.433. The fraction of sp³-hybridized carbons (Fsp3) is 0.400. The molecule has 0 fully saturated rings. The molecule has 1 rings (SSSR count). The van der Waals surface area contributed by atoms with Crippen molar-refractivity contribution in [3.63, 3.8) is 0 Å². The summed E-state index contributed by atoms with van der Waals surface area (Å²) in [4.78, 5) is 0. The Hall–Kier alpha value is -0.590. The summed E-state index contributed by atoms with van der Waals surface area (Å²) in [7, 11) is -3.45. The van der Waals surface area contributed by atoms with E-state index in [1.54, 1.807) is 12.1 Å². The van der Waals surface area contributed by atoms with E-state index >= 15 is 0 Å². The van der Waals surface area contributed by atoms with Gasteiger partial charge in [-0.3, -0.25) is 4.72 Å². The summed E-state index contributed by atoms with van der Waals surface area (Å²) in [6.07, 6.45) is 0.762. The van der Waals surface area contributed by atoms with Crippen LogP contribution in [-0.4, -0.2) is 15.0 Å². The summed E-state index contributed by atoms with van der Waals surface area (Å²) < 4.78 is 28.8. The standard InChI is InChI=1S/C10H15BrN2O2S/c1-3-6-12-16(14,15)13-9-5-4-8(2)10(11)7-9/h4-5,7,12-13H,3,6H2,1-2H3. The van der Waals surface area contributed by atoms with Crippen LogP contribution in [0.4, 0.5) is 5.69 Å². The minimum atomic E-state index is -3.45. The smallest absolute Gasteiger partial charge is 0.271 e. The lowest BCUT2D eigenvalue weighted by Crippen LogP contribution is -2.30. The lowest BCUT2D eigenvalue weighted by atomic mass is 10.2. The van der Waals surface area contributed by atoms with Crippen molar-refractivity contribution in [1.82, 2.24) is 4.72 Å². The Balaban J connectivity index is 2.76. The summed E-state index contributed by atoms with van der Waals surface area (Å²) in [6, 6.07) is 5.31. The van der Waals surface area contributed by atoms with Gasteiger partial charge < -0.3 is 0 Å². The molecule has 4 nitrogen and oxygen atoms in total. The molecule has 0 bridgehead atoms. The largest absolute Gasteiger partial charge is 0.299 e. The molecular weight excluding hydrogens is 292 g/mol. The molecule has 1 aromatic carbocycles. The molecule has 6 heteroatoms. The molecule has 90 valence electrons. The summed E-state index contributed by atoms with van der Waals surface area (Å²) in [5.41, 5.74) is 1.60.